The molecule has 0 aliphatic heterocycles. The Morgan fingerprint density at radius 2 is 1.78 bits per heavy atom. The third-order valence-electron chi connectivity index (χ3n) is 3.13. The number of nitrogens with zero attached hydrogens (tertiary/aromatic N) is 2. The van der Waals surface area contributed by atoms with E-state index < -0.39 is 10.0 Å². The molecule has 1 aliphatic rings. The largest absolute Gasteiger partial charge is 0.360 e. The van der Waals surface area contributed by atoms with Crippen molar-refractivity contribution < 1.29 is 8.42 Å². The van der Waals surface area contributed by atoms with Gasteiger partial charge in [0.1, 0.15) is 0 Å². The van der Waals surface area contributed by atoms with Crippen molar-refractivity contribution in [3.8, 4) is 0 Å². The van der Waals surface area contributed by atoms with E-state index >= 15 is 0 Å². The zero-order chi connectivity index (χ0) is 16.3. The maximum absolute atomic E-state index is 12.2. The molecule has 2 aromatic rings. The van der Waals surface area contributed by atoms with Crippen LogP contribution in [0.4, 0.5) is 11.6 Å². The first-order valence-corrected chi connectivity index (χ1v) is 8.89. The van der Waals surface area contributed by atoms with E-state index in [1.165, 1.54) is 24.5 Å². The molecule has 1 fully saturated rings. The second kappa shape index (κ2) is 6.47. The lowest BCUT2D eigenvalue weighted by atomic mass is 10.3. The molecule has 0 saturated heterocycles. The number of thiocarbonyl (C=S) groups is 1. The van der Waals surface area contributed by atoms with Crippen LogP contribution >= 0.6 is 12.2 Å². The van der Waals surface area contributed by atoms with Gasteiger partial charge >= 0.3 is 0 Å². The summed E-state index contributed by atoms with van der Waals surface area (Å²) in [6.45, 7) is 0. The highest BCUT2D eigenvalue weighted by Gasteiger charge is 2.21. The molecule has 1 aromatic carbocycles. The van der Waals surface area contributed by atoms with Gasteiger partial charge in [0.2, 0.25) is 5.95 Å². The number of rotatable bonds is 5. The molecular weight excluding hydrogens is 334 g/mol. The lowest BCUT2D eigenvalue weighted by molar-refractivity contribution is 0.601. The SMILES string of the molecule is O=S(=O)(Nc1ncccn1)c1ccc(NC(=S)NC2CC2)cc1. The van der Waals surface area contributed by atoms with Crippen LogP contribution < -0.4 is 15.4 Å². The predicted molar refractivity (Wildman–Crippen MR) is 91.7 cm³/mol. The Labute approximate surface area is 139 Å². The Morgan fingerprint density at radius 1 is 1.13 bits per heavy atom. The lowest BCUT2D eigenvalue weighted by Gasteiger charge is -2.10. The van der Waals surface area contributed by atoms with Gasteiger partial charge in [-0.3, -0.25) is 0 Å². The first kappa shape index (κ1) is 15.6. The first-order chi connectivity index (χ1) is 11.0. The summed E-state index contributed by atoms with van der Waals surface area (Å²) < 4.78 is 26.8. The number of nitrogens with one attached hydrogen (secondary N) is 3. The fraction of sp³-hybridized carbons (Fsp3) is 0.214. The molecule has 9 heteroatoms. The van der Waals surface area contributed by atoms with Crippen LogP contribution in [-0.2, 0) is 10.0 Å². The Kier molecular flexibility index (Phi) is 4.39. The van der Waals surface area contributed by atoms with Crippen LogP contribution in [0.25, 0.3) is 0 Å². The van der Waals surface area contributed by atoms with Gasteiger partial charge in [-0.25, -0.2) is 23.1 Å². The van der Waals surface area contributed by atoms with E-state index in [0.29, 0.717) is 11.2 Å². The molecule has 0 amide bonds. The average molecular weight is 349 g/mol. The smallest absolute Gasteiger partial charge is 0.264 e. The minimum Gasteiger partial charge on any atom is -0.360 e. The summed E-state index contributed by atoms with van der Waals surface area (Å²) in [5.41, 5.74) is 0.720. The molecule has 120 valence electrons. The summed E-state index contributed by atoms with van der Waals surface area (Å²) in [4.78, 5) is 7.80. The Hall–Kier alpha value is -2.26. The summed E-state index contributed by atoms with van der Waals surface area (Å²) in [6.07, 6.45) is 5.19. The molecule has 1 aliphatic carbocycles. The minimum atomic E-state index is -3.72. The minimum absolute atomic E-state index is 0.0320. The van der Waals surface area contributed by atoms with Crippen molar-refractivity contribution in [1.29, 1.82) is 0 Å². The fourth-order valence-corrected chi connectivity index (χ4v) is 3.07. The van der Waals surface area contributed by atoms with E-state index in [1.807, 2.05) is 0 Å². The van der Waals surface area contributed by atoms with Gasteiger partial charge in [-0.1, -0.05) is 0 Å². The van der Waals surface area contributed by atoms with Gasteiger partial charge in [0, 0.05) is 24.1 Å². The van der Waals surface area contributed by atoms with Crippen molar-refractivity contribution in [2.75, 3.05) is 10.0 Å². The van der Waals surface area contributed by atoms with Gasteiger partial charge in [0.05, 0.1) is 4.90 Å². The van der Waals surface area contributed by atoms with Crippen LogP contribution in [0, 0.1) is 0 Å². The zero-order valence-corrected chi connectivity index (χ0v) is 13.7. The van der Waals surface area contributed by atoms with Crippen molar-refractivity contribution in [3.63, 3.8) is 0 Å². The Bertz CT molecular complexity index is 790. The standard InChI is InChI=1S/C14H15N5O2S2/c20-23(21,19-13-15-8-1-9-16-13)12-6-4-11(5-7-12)18-14(22)17-10-2-3-10/h1,4-10H,2-3H2,(H,15,16,19)(H2,17,18,22). The molecule has 3 rings (SSSR count). The van der Waals surface area contributed by atoms with Crippen molar-refractivity contribution in [1.82, 2.24) is 15.3 Å². The maximum atomic E-state index is 12.2. The topological polar surface area (TPSA) is 96.0 Å². The molecule has 1 saturated carbocycles. The van der Waals surface area contributed by atoms with Gasteiger partial charge in [-0.15, -0.1) is 0 Å². The monoisotopic (exact) mass is 349 g/mol. The number of hydrogen-bond donors (Lipinski definition) is 3. The number of anilines is 2. The van der Waals surface area contributed by atoms with Gasteiger partial charge in [0.15, 0.2) is 5.11 Å². The Balaban J connectivity index is 1.66. The molecule has 0 spiro atoms. The molecule has 1 aromatic heterocycles. The molecule has 0 bridgehead atoms. The summed E-state index contributed by atoms with van der Waals surface area (Å²) in [5, 5.41) is 6.72. The van der Waals surface area contributed by atoms with Crippen molar-refractivity contribution >= 4 is 39.0 Å². The van der Waals surface area contributed by atoms with Crippen molar-refractivity contribution in [2.45, 2.75) is 23.8 Å². The maximum Gasteiger partial charge on any atom is 0.264 e. The third kappa shape index (κ3) is 4.36. The van der Waals surface area contributed by atoms with Crippen LogP contribution in [0.5, 0.6) is 0 Å². The molecule has 23 heavy (non-hydrogen) atoms. The second-order valence-electron chi connectivity index (χ2n) is 5.08. The Morgan fingerprint density at radius 3 is 2.39 bits per heavy atom. The summed E-state index contributed by atoms with van der Waals surface area (Å²) >= 11 is 5.18. The van der Waals surface area contributed by atoms with E-state index in [1.54, 1.807) is 18.2 Å². The van der Waals surface area contributed by atoms with E-state index in [9.17, 15) is 8.42 Å². The normalized spacial score (nSPS) is 14.1. The number of benzene rings is 1. The molecule has 0 atom stereocenters. The van der Waals surface area contributed by atoms with Crippen LogP contribution in [0.3, 0.4) is 0 Å². The van der Waals surface area contributed by atoms with Gasteiger partial charge in [-0.05, 0) is 55.4 Å². The van der Waals surface area contributed by atoms with Crippen molar-refractivity contribution in [2.24, 2.45) is 0 Å². The number of hydrogen-bond acceptors (Lipinski definition) is 5. The van der Waals surface area contributed by atoms with Crippen LogP contribution in [0.1, 0.15) is 12.8 Å². The number of aromatic nitrogens is 2. The highest BCUT2D eigenvalue weighted by atomic mass is 32.2. The summed E-state index contributed by atoms with van der Waals surface area (Å²) in [6, 6.07) is 8.37. The lowest BCUT2D eigenvalue weighted by Crippen LogP contribution is -2.30. The fourth-order valence-electron chi connectivity index (χ4n) is 1.83. The molecule has 0 radical (unpaired) electrons. The molecule has 3 N–H and O–H groups in total. The first-order valence-electron chi connectivity index (χ1n) is 7.00. The van der Waals surface area contributed by atoms with Crippen LogP contribution in [0.15, 0.2) is 47.6 Å². The van der Waals surface area contributed by atoms with Crippen molar-refractivity contribution in [3.05, 3.63) is 42.7 Å². The summed E-state index contributed by atoms with van der Waals surface area (Å²) in [5.74, 6) is 0.0320. The zero-order valence-electron chi connectivity index (χ0n) is 12.1. The van der Waals surface area contributed by atoms with E-state index in [0.717, 1.165) is 18.5 Å². The quantitative estimate of drug-likeness (QED) is 0.707. The highest BCUT2D eigenvalue weighted by molar-refractivity contribution is 7.92. The number of sulfonamides is 1. The third-order valence-corrected chi connectivity index (χ3v) is 4.69. The second-order valence-corrected chi connectivity index (χ2v) is 7.17. The van der Waals surface area contributed by atoms with Gasteiger partial charge in [-0.2, -0.15) is 0 Å². The predicted octanol–water partition coefficient (Wildman–Crippen LogP) is 1.73. The molecule has 1 heterocycles. The average Bonchev–Trinajstić information content (AvgIpc) is 3.32. The molecular formula is C14H15N5O2S2. The highest BCUT2D eigenvalue weighted by Crippen LogP contribution is 2.19. The van der Waals surface area contributed by atoms with Gasteiger partial charge < -0.3 is 10.6 Å². The summed E-state index contributed by atoms with van der Waals surface area (Å²) in [7, 11) is -3.72. The van der Waals surface area contributed by atoms with E-state index in [4.69, 9.17) is 12.2 Å². The van der Waals surface area contributed by atoms with Crippen LogP contribution in [-0.4, -0.2) is 29.5 Å². The van der Waals surface area contributed by atoms with Crippen LogP contribution in [0.2, 0.25) is 0 Å². The van der Waals surface area contributed by atoms with E-state index in [-0.39, 0.29) is 10.8 Å². The molecule has 0 unspecified atom stereocenters. The van der Waals surface area contributed by atoms with E-state index in [2.05, 4.69) is 25.3 Å². The molecule has 7 nitrogen and oxygen atoms in total. The van der Waals surface area contributed by atoms with Gasteiger partial charge in [0.25, 0.3) is 10.0 Å².